The van der Waals surface area contributed by atoms with Crippen LogP contribution in [0.1, 0.15) is 0 Å². The SMILES string of the molecule is CNCCOc1c(F)cc(F)cc1F. The summed E-state index contributed by atoms with van der Waals surface area (Å²) in [5.74, 6) is -3.56. The molecule has 0 spiro atoms. The lowest BCUT2D eigenvalue weighted by atomic mass is 10.3. The van der Waals surface area contributed by atoms with Crippen molar-refractivity contribution in [2.75, 3.05) is 20.2 Å². The Morgan fingerprint density at radius 1 is 1.21 bits per heavy atom. The second kappa shape index (κ2) is 4.85. The van der Waals surface area contributed by atoms with Gasteiger partial charge in [0.1, 0.15) is 12.4 Å². The Kier molecular flexibility index (Phi) is 3.76. The quantitative estimate of drug-likeness (QED) is 0.755. The molecule has 0 aliphatic carbocycles. The van der Waals surface area contributed by atoms with Crippen molar-refractivity contribution in [3.05, 3.63) is 29.6 Å². The normalized spacial score (nSPS) is 10.3. The van der Waals surface area contributed by atoms with E-state index in [0.29, 0.717) is 18.7 Å². The minimum Gasteiger partial charge on any atom is -0.486 e. The van der Waals surface area contributed by atoms with Crippen LogP contribution in [0.4, 0.5) is 13.2 Å². The van der Waals surface area contributed by atoms with Gasteiger partial charge < -0.3 is 10.1 Å². The van der Waals surface area contributed by atoms with Gasteiger partial charge in [0, 0.05) is 18.7 Å². The number of hydrogen-bond donors (Lipinski definition) is 1. The number of ether oxygens (including phenoxy) is 1. The van der Waals surface area contributed by atoms with E-state index >= 15 is 0 Å². The molecule has 5 heteroatoms. The summed E-state index contributed by atoms with van der Waals surface area (Å²) in [6.07, 6.45) is 0. The predicted molar refractivity (Wildman–Crippen MR) is 45.7 cm³/mol. The Balaban J connectivity index is 2.75. The fraction of sp³-hybridized carbons (Fsp3) is 0.333. The third-order valence-electron chi connectivity index (χ3n) is 1.56. The molecule has 0 saturated heterocycles. The predicted octanol–water partition coefficient (Wildman–Crippen LogP) is 1.70. The molecule has 0 fully saturated rings. The summed E-state index contributed by atoms with van der Waals surface area (Å²) in [7, 11) is 1.68. The van der Waals surface area contributed by atoms with Crippen LogP contribution in [0.15, 0.2) is 12.1 Å². The van der Waals surface area contributed by atoms with Crippen molar-refractivity contribution in [1.82, 2.24) is 5.32 Å². The number of benzene rings is 1. The molecule has 1 rings (SSSR count). The van der Waals surface area contributed by atoms with Crippen LogP contribution in [-0.4, -0.2) is 20.2 Å². The van der Waals surface area contributed by atoms with E-state index in [2.05, 4.69) is 5.32 Å². The Hall–Kier alpha value is -1.23. The van der Waals surface area contributed by atoms with Crippen LogP contribution >= 0.6 is 0 Å². The van der Waals surface area contributed by atoms with E-state index in [4.69, 9.17) is 4.74 Å². The smallest absolute Gasteiger partial charge is 0.190 e. The second-order valence-corrected chi connectivity index (χ2v) is 2.65. The van der Waals surface area contributed by atoms with Crippen LogP contribution in [0.2, 0.25) is 0 Å². The Morgan fingerprint density at radius 3 is 2.29 bits per heavy atom. The average molecular weight is 205 g/mol. The molecule has 1 N–H and O–H groups in total. The number of likely N-dealkylation sites (N-methyl/N-ethyl adjacent to an activating group) is 1. The monoisotopic (exact) mass is 205 g/mol. The molecule has 1 aromatic rings. The van der Waals surface area contributed by atoms with Gasteiger partial charge in [0.05, 0.1) is 0 Å². The number of hydrogen-bond acceptors (Lipinski definition) is 2. The van der Waals surface area contributed by atoms with Crippen molar-refractivity contribution in [1.29, 1.82) is 0 Å². The van der Waals surface area contributed by atoms with E-state index < -0.39 is 23.2 Å². The Labute approximate surface area is 79.7 Å². The van der Waals surface area contributed by atoms with E-state index in [9.17, 15) is 13.2 Å². The van der Waals surface area contributed by atoms with Gasteiger partial charge >= 0.3 is 0 Å². The Morgan fingerprint density at radius 2 is 1.79 bits per heavy atom. The molecule has 0 aliphatic rings. The number of nitrogens with one attached hydrogen (secondary N) is 1. The van der Waals surface area contributed by atoms with Gasteiger partial charge in [0.25, 0.3) is 0 Å². The molecule has 0 saturated carbocycles. The van der Waals surface area contributed by atoms with Gasteiger partial charge in [-0.2, -0.15) is 0 Å². The van der Waals surface area contributed by atoms with Crippen LogP contribution in [0.5, 0.6) is 5.75 Å². The molecule has 0 heterocycles. The highest BCUT2D eigenvalue weighted by molar-refractivity contribution is 5.26. The first-order valence-electron chi connectivity index (χ1n) is 4.07. The van der Waals surface area contributed by atoms with Crippen molar-refractivity contribution in [2.24, 2.45) is 0 Å². The number of rotatable bonds is 4. The molecule has 0 aliphatic heterocycles. The standard InChI is InChI=1S/C9H10F3NO/c1-13-2-3-14-9-7(11)4-6(10)5-8(9)12/h4-5,13H,2-3H2,1H3. The van der Waals surface area contributed by atoms with Crippen molar-refractivity contribution >= 4 is 0 Å². The lowest BCUT2D eigenvalue weighted by Crippen LogP contribution is -2.16. The van der Waals surface area contributed by atoms with Crippen LogP contribution in [0.3, 0.4) is 0 Å². The zero-order valence-corrected chi connectivity index (χ0v) is 7.61. The van der Waals surface area contributed by atoms with E-state index in [1.807, 2.05) is 0 Å². The lowest BCUT2D eigenvalue weighted by Gasteiger charge is -2.07. The molecule has 14 heavy (non-hydrogen) atoms. The zero-order valence-electron chi connectivity index (χ0n) is 7.61. The molecular weight excluding hydrogens is 195 g/mol. The first-order valence-corrected chi connectivity index (χ1v) is 4.07. The van der Waals surface area contributed by atoms with Crippen LogP contribution in [0, 0.1) is 17.5 Å². The number of halogens is 3. The highest BCUT2D eigenvalue weighted by Gasteiger charge is 2.12. The van der Waals surface area contributed by atoms with Gasteiger partial charge in [-0.15, -0.1) is 0 Å². The van der Waals surface area contributed by atoms with Crippen molar-refractivity contribution in [2.45, 2.75) is 0 Å². The molecule has 0 aromatic heterocycles. The highest BCUT2D eigenvalue weighted by atomic mass is 19.1. The minimum absolute atomic E-state index is 0.121. The summed E-state index contributed by atoms with van der Waals surface area (Å²) >= 11 is 0. The van der Waals surface area contributed by atoms with Gasteiger partial charge in [-0.25, -0.2) is 13.2 Å². The fourth-order valence-corrected chi connectivity index (χ4v) is 0.922. The largest absolute Gasteiger partial charge is 0.486 e. The summed E-state index contributed by atoms with van der Waals surface area (Å²) in [5, 5.41) is 2.74. The maximum atomic E-state index is 12.9. The molecule has 0 bridgehead atoms. The van der Waals surface area contributed by atoms with E-state index in [-0.39, 0.29) is 6.61 Å². The molecule has 2 nitrogen and oxygen atoms in total. The Bertz CT molecular complexity index is 294. The van der Waals surface area contributed by atoms with Crippen molar-refractivity contribution < 1.29 is 17.9 Å². The zero-order chi connectivity index (χ0) is 10.6. The van der Waals surface area contributed by atoms with Gasteiger partial charge in [0.2, 0.25) is 0 Å². The van der Waals surface area contributed by atoms with Crippen molar-refractivity contribution in [3.63, 3.8) is 0 Å². The third kappa shape index (κ3) is 2.63. The minimum atomic E-state index is -1.03. The summed E-state index contributed by atoms with van der Waals surface area (Å²) in [4.78, 5) is 0. The second-order valence-electron chi connectivity index (χ2n) is 2.65. The molecule has 78 valence electrons. The fourth-order valence-electron chi connectivity index (χ4n) is 0.922. The van der Waals surface area contributed by atoms with E-state index in [1.165, 1.54) is 0 Å². The van der Waals surface area contributed by atoms with Crippen LogP contribution in [-0.2, 0) is 0 Å². The average Bonchev–Trinajstić information content (AvgIpc) is 2.09. The summed E-state index contributed by atoms with van der Waals surface area (Å²) in [6.45, 7) is 0.576. The topological polar surface area (TPSA) is 21.3 Å². The summed E-state index contributed by atoms with van der Waals surface area (Å²) in [6, 6.07) is 1.16. The van der Waals surface area contributed by atoms with Gasteiger partial charge in [-0.05, 0) is 7.05 Å². The van der Waals surface area contributed by atoms with E-state index in [1.54, 1.807) is 7.05 Å². The highest BCUT2D eigenvalue weighted by Crippen LogP contribution is 2.22. The lowest BCUT2D eigenvalue weighted by molar-refractivity contribution is 0.284. The first-order chi connectivity index (χ1) is 6.65. The molecule has 0 radical (unpaired) electrons. The summed E-state index contributed by atoms with van der Waals surface area (Å²) in [5.41, 5.74) is 0. The molecule has 0 unspecified atom stereocenters. The third-order valence-corrected chi connectivity index (χ3v) is 1.56. The molecular formula is C9H10F3NO. The maximum Gasteiger partial charge on any atom is 0.190 e. The van der Waals surface area contributed by atoms with E-state index in [0.717, 1.165) is 0 Å². The van der Waals surface area contributed by atoms with Crippen LogP contribution < -0.4 is 10.1 Å². The molecule has 0 amide bonds. The molecule has 1 aromatic carbocycles. The van der Waals surface area contributed by atoms with Crippen molar-refractivity contribution in [3.8, 4) is 5.75 Å². The van der Waals surface area contributed by atoms with Crippen LogP contribution in [0.25, 0.3) is 0 Å². The maximum absolute atomic E-state index is 12.9. The van der Waals surface area contributed by atoms with Gasteiger partial charge in [0.15, 0.2) is 17.4 Å². The van der Waals surface area contributed by atoms with Gasteiger partial charge in [-0.3, -0.25) is 0 Å². The first kappa shape index (κ1) is 10.8. The summed E-state index contributed by atoms with van der Waals surface area (Å²) < 4.78 is 43.1. The van der Waals surface area contributed by atoms with Gasteiger partial charge in [-0.1, -0.05) is 0 Å². The molecule has 0 atom stereocenters.